The number of nitro groups is 1. The van der Waals surface area contributed by atoms with E-state index in [9.17, 15) is 18.5 Å². The zero-order valence-corrected chi connectivity index (χ0v) is 16.5. The molecule has 0 aliphatic rings. The number of nitro benzene ring substituents is 1. The fourth-order valence-corrected chi connectivity index (χ4v) is 4.15. The van der Waals surface area contributed by atoms with E-state index in [2.05, 4.69) is 4.72 Å². The monoisotopic (exact) mass is 398 g/mol. The Morgan fingerprint density at radius 1 is 1.23 bits per heavy atom. The SMILES string of the molecule is CN(C)CCNS(=O)(=O)c1ccc(N(C)Cc2cccs2)c([N+](=O)[O-])c1. The predicted molar refractivity (Wildman–Crippen MR) is 103 cm³/mol. The highest BCUT2D eigenvalue weighted by Gasteiger charge is 2.23. The third-order valence-electron chi connectivity index (χ3n) is 3.69. The average Bonchev–Trinajstić information content (AvgIpc) is 3.06. The number of sulfonamides is 1. The molecule has 0 aliphatic heterocycles. The van der Waals surface area contributed by atoms with Gasteiger partial charge >= 0.3 is 0 Å². The molecule has 0 unspecified atom stereocenters. The van der Waals surface area contributed by atoms with Gasteiger partial charge in [-0.1, -0.05) is 6.07 Å². The molecule has 0 amide bonds. The van der Waals surface area contributed by atoms with Crippen LogP contribution in [0.5, 0.6) is 0 Å². The summed E-state index contributed by atoms with van der Waals surface area (Å²) < 4.78 is 27.2. The lowest BCUT2D eigenvalue weighted by atomic mass is 10.2. The van der Waals surface area contributed by atoms with E-state index in [0.717, 1.165) is 10.9 Å². The number of nitrogens with one attached hydrogen (secondary N) is 1. The topological polar surface area (TPSA) is 95.8 Å². The van der Waals surface area contributed by atoms with Gasteiger partial charge in [0.2, 0.25) is 10.0 Å². The quantitative estimate of drug-likeness (QED) is 0.513. The highest BCUT2D eigenvalue weighted by atomic mass is 32.2. The van der Waals surface area contributed by atoms with Crippen molar-refractivity contribution in [3.63, 3.8) is 0 Å². The minimum Gasteiger partial charge on any atom is -0.364 e. The first-order valence-corrected chi connectivity index (χ1v) is 10.2. The normalized spacial score (nSPS) is 11.7. The van der Waals surface area contributed by atoms with E-state index >= 15 is 0 Å². The van der Waals surface area contributed by atoms with Crippen LogP contribution in [0.25, 0.3) is 0 Å². The van der Waals surface area contributed by atoms with E-state index in [0.29, 0.717) is 18.8 Å². The lowest BCUT2D eigenvalue weighted by Gasteiger charge is -2.19. The summed E-state index contributed by atoms with van der Waals surface area (Å²) in [5, 5.41) is 13.4. The standard InChI is InChI=1S/C16H22N4O4S2/c1-18(2)9-8-17-26(23,24)14-6-7-15(16(11-14)20(21)22)19(3)12-13-5-4-10-25-13/h4-7,10-11,17H,8-9,12H2,1-3H3. The molecule has 0 spiro atoms. The fourth-order valence-electron chi connectivity index (χ4n) is 2.35. The molecule has 8 nitrogen and oxygen atoms in total. The Kier molecular flexibility index (Phi) is 6.70. The van der Waals surface area contributed by atoms with E-state index < -0.39 is 14.9 Å². The summed E-state index contributed by atoms with van der Waals surface area (Å²) in [6.07, 6.45) is 0. The summed E-state index contributed by atoms with van der Waals surface area (Å²) in [4.78, 5) is 15.4. The number of rotatable bonds is 9. The van der Waals surface area contributed by atoms with Crippen molar-refractivity contribution in [1.82, 2.24) is 9.62 Å². The van der Waals surface area contributed by atoms with Crippen LogP contribution in [0.2, 0.25) is 0 Å². The fraction of sp³-hybridized carbons (Fsp3) is 0.375. The first-order valence-electron chi connectivity index (χ1n) is 7.87. The van der Waals surface area contributed by atoms with Crippen molar-refractivity contribution in [3.8, 4) is 0 Å². The third kappa shape index (κ3) is 5.24. The van der Waals surface area contributed by atoms with Gasteiger partial charge in [0, 0.05) is 31.1 Å². The lowest BCUT2D eigenvalue weighted by Crippen LogP contribution is -2.31. The number of nitrogens with zero attached hydrogens (tertiary/aromatic N) is 3. The lowest BCUT2D eigenvalue weighted by molar-refractivity contribution is -0.384. The van der Waals surface area contributed by atoms with E-state index in [4.69, 9.17) is 0 Å². The molecule has 0 bridgehead atoms. The molecule has 2 aromatic rings. The highest BCUT2D eigenvalue weighted by Crippen LogP contribution is 2.31. The molecular formula is C16H22N4O4S2. The van der Waals surface area contributed by atoms with Crippen molar-refractivity contribution in [2.45, 2.75) is 11.4 Å². The Hall–Kier alpha value is -2.01. The molecule has 26 heavy (non-hydrogen) atoms. The van der Waals surface area contributed by atoms with E-state index in [1.54, 1.807) is 23.3 Å². The Labute approximate surface area is 157 Å². The summed E-state index contributed by atoms with van der Waals surface area (Å²) in [6.45, 7) is 1.26. The molecular weight excluding hydrogens is 376 g/mol. The van der Waals surface area contributed by atoms with Gasteiger partial charge in [0.15, 0.2) is 0 Å². The van der Waals surface area contributed by atoms with Gasteiger partial charge in [0.25, 0.3) is 5.69 Å². The van der Waals surface area contributed by atoms with Crippen LogP contribution < -0.4 is 9.62 Å². The first-order chi connectivity index (χ1) is 12.2. The van der Waals surface area contributed by atoms with Crippen molar-refractivity contribution >= 4 is 32.7 Å². The van der Waals surface area contributed by atoms with E-state index in [1.165, 1.54) is 12.1 Å². The smallest absolute Gasteiger partial charge is 0.293 e. The van der Waals surface area contributed by atoms with E-state index in [-0.39, 0.29) is 17.1 Å². The number of anilines is 1. The molecule has 1 aromatic heterocycles. The van der Waals surface area contributed by atoms with Crippen molar-refractivity contribution in [2.75, 3.05) is 39.1 Å². The van der Waals surface area contributed by atoms with Gasteiger partial charge < -0.3 is 9.80 Å². The second kappa shape index (κ2) is 8.58. The van der Waals surface area contributed by atoms with Crippen molar-refractivity contribution in [2.24, 2.45) is 0 Å². The summed E-state index contributed by atoms with van der Waals surface area (Å²) in [5.41, 5.74) is 0.134. The van der Waals surface area contributed by atoms with Gasteiger partial charge in [-0.3, -0.25) is 10.1 Å². The van der Waals surface area contributed by atoms with E-state index in [1.807, 2.05) is 36.5 Å². The minimum atomic E-state index is -3.80. The number of hydrogen-bond acceptors (Lipinski definition) is 7. The largest absolute Gasteiger partial charge is 0.364 e. The van der Waals surface area contributed by atoms with Crippen LogP contribution in [0.4, 0.5) is 11.4 Å². The molecule has 0 aliphatic carbocycles. The number of hydrogen-bond donors (Lipinski definition) is 1. The third-order valence-corrected chi connectivity index (χ3v) is 6.01. The highest BCUT2D eigenvalue weighted by molar-refractivity contribution is 7.89. The Morgan fingerprint density at radius 2 is 1.96 bits per heavy atom. The molecule has 2 rings (SSSR count). The molecule has 0 saturated heterocycles. The maximum atomic E-state index is 12.4. The Bertz CT molecular complexity index is 851. The van der Waals surface area contributed by atoms with Gasteiger partial charge in [-0.05, 0) is 37.7 Å². The first kappa shape index (κ1) is 20.3. The predicted octanol–water partition coefficient (Wildman–Crippen LogP) is 2.13. The number of thiophene rings is 1. The van der Waals surface area contributed by atoms with Crippen LogP contribution in [0, 0.1) is 10.1 Å². The molecule has 0 radical (unpaired) electrons. The second-order valence-electron chi connectivity index (χ2n) is 6.04. The van der Waals surface area contributed by atoms with Crippen LogP contribution in [0.1, 0.15) is 4.88 Å². The maximum Gasteiger partial charge on any atom is 0.293 e. The zero-order chi connectivity index (χ0) is 19.3. The van der Waals surface area contributed by atoms with Crippen LogP contribution in [-0.2, 0) is 16.6 Å². The molecule has 1 aromatic carbocycles. The molecule has 142 valence electrons. The van der Waals surface area contributed by atoms with Crippen LogP contribution in [0.15, 0.2) is 40.6 Å². The molecule has 0 atom stereocenters. The molecule has 1 heterocycles. The summed E-state index contributed by atoms with van der Waals surface area (Å²) >= 11 is 1.56. The van der Waals surface area contributed by atoms with Crippen LogP contribution >= 0.6 is 11.3 Å². The summed E-state index contributed by atoms with van der Waals surface area (Å²) in [5.74, 6) is 0. The van der Waals surface area contributed by atoms with Crippen molar-refractivity contribution in [1.29, 1.82) is 0 Å². The van der Waals surface area contributed by atoms with Gasteiger partial charge in [-0.25, -0.2) is 13.1 Å². The van der Waals surface area contributed by atoms with Crippen molar-refractivity contribution in [3.05, 3.63) is 50.7 Å². The minimum absolute atomic E-state index is 0.115. The van der Waals surface area contributed by atoms with Crippen LogP contribution in [0.3, 0.4) is 0 Å². The summed E-state index contributed by atoms with van der Waals surface area (Å²) in [7, 11) is 1.60. The Balaban J connectivity index is 2.26. The maximum absolute atomic E-state index is 12.4. The van der Waals surface area contributed by atoms with Gasteiger partial charge in [0.1, 0.15) is 5.69 Å². The second-order valence-corrected chi connectivity index (χ2v) is 8.84. The molecule has 0 fully saturated rings. The molecule has 0 saturated carbocycles. The number of benzene rings is 1. The Morgan fingerprint density at radius 3 is 2.54 bits per heavy atom. The average molecular weight is 399 g/mol. The summed E-state index contributed by atoms with van der Waals surface area (Å²) in [6, 6.07) is 7.84. The zero-order valence-electron chi connectivity index (χ0n) is 14.9. The number of likely N-dealkylation sites (N-methyl/N-ethyl adjacent to an activating group) is 1. The van der Waals surface area contributed by atoms with Crippen LogP contribution in [-0.4, -0.2) is 52.5 Å². The molecule has 10 heteroatoms. The van der Waals surface area contributed by atoms with Gasteiger partial charge in [-0.2, -0.15) is 0 Å². The van der Waals surface area contributed by atoms with Gasteiger partial charge in [-0.15, -0.1) is 11.3 Å². The van der Waals surface area contributed by atoms with Gasteiger partial charge in [0.05, 0.1) is 16.4 Å². The van der Waals surface area contributed by atoms with Crippen molar-refractivity contribution < 1.29 is 13.3 Å². The molecule has 1 N–H and O–H groups in total.